The second-order valence-corrected chi connectivity index (χ2v) is 9.08. The molecular formula is C28H28FN3O4. The second-order valence-electron chi connectivity index (χ2n) is 9.08. The van der Waals surface area contributed by atoms with Gasteiger partial charge in [0.15, 0.2) is 0 Å². The highest BCUT2D eigenvalue weighted by molar-refractivity contribution is 6.22. The van der Waals surface area contributed by atoms with Gasteiger partial charge < -0.3 is 4.74 Å². The van der Waals surface area contributed by atoms with Crippen LogP contribution in [0.5, 0.6) is 5.75 Å². The lowest BCUT2D eigenvalue weighted by Gasteiger charge is -2.16. The van der Waals surface area contributed by atoms with E-state index < -0.39 is 29.6 Å². The number of rotatable bonds is 8. The molecule has 4 rings (SSSR count). The van der Waals surface area contributed by atoms with Crippen LogP contribution >= 0.6 is 0 Å². The van der Waals surface area contributed by atoms with E-state index in [-0.39, 0.29) is 12.1 Å². The molecule has 1 unspecified atom stereocenters. The zero-order valence-corrected chi connectivity index (χ0v) is 20.4. The fourth-order valence-electron chi connectivity index (χ4n) is 3.99. The van der Waals surface area contributed by atoms with Crippen molar-refractivity contribution in [2.45, 2.75) is 45.8 Å². The molecule has 0 bridgehead atoms. The molecule has 1 saturated heterocycles. The summed E-state index contributed by atoms with van der Waals surface area (Å²) in [4.78, 5) is 38.5. The number of nitrogens with one attached hydrogen (secondary N) is 2. The first-order valence-corrected chi connectivity index (χ1v) is 11.7. The van der Waals surface area contributed by atoms with Gasteiger partial charge in [-0.15, -0.1) is 0 Å². The summed E-state index contributed by atoms with van der Waals surface area (Å²) in [5.74, 6) is -0.671. The summed E-state index contributed by atoms with van der Waals surface area (Å²) in [6.45, 7) is 6.62. The largest absolute Gasteiger partial charge is 0.489 e. The normalized spacial score (nSPS) is 15.5. The topological polar surface area (TPSA) is 87.7 Å². The van der Waals surface area contributed by atoms with E-state index in [2.05, 4.69) is 36.8 Å². The third kappa shape index (κ3) is 5.60. The molecule has 1 aliphatic heterocycles. The number of imide groups is 1. The lowest BCUT2D eigenvalue weighted by Crippen LogP contribution is -2.48. The van der Waals surface area contributed by atoms with E-state index in [0.717, 1.165) is 27.3 Å². The number of carbonyl (C=O) groups excluding carboxylic acids is 3. The maximum absolute atomic E-state index is 13.2. The molecule has 1 heterocycles. The lowest BCUT2D eigenvalue weighted by molar-refractivity contribution is -0.121. The summed E-state index contributed by atoms with van der Waals surface area (Å²) < 4.78 is 19.2. The van der Waals surface area contributed by atoms with Crippen molar-refractivity contribution >= 4 is 23.4 Å². The molecule has 1 aliphatic rings. The monoisotopic (exact) mass is 489 g/mol. The highest BCUT2D eigenvalue weighted by Crippen LogP contribution is 2.28. The highest BCUT2D eigenvalue weighted by atomic mass is 19.1. The Morgan fingerprint density at radius 3 is 2.42 bits per heavy atom. The van der Waals surface area contributed by atoms with Gasteiger partial charge in [-0.2, -0.15) is 0 Å². The molecule has 1 atom stereocenters. The Morgan fingerprint density at radius 1 is 1.06 bits per heavy atom. The van der Waals surface area contributed by atoms with E-state index in [1.165, 1.54) is 24.3 Å². The van der Waals surface area contributed by atoms with Gasteiger partial charge in [0.05, 0.1) is 12.1 Å². The van der Waals surface area contributed by atoms with Crippen molar-refractivity contribution in [3.63, 3.8) is 0 Å². The summed E-state index contributed by atoms with van der Waals surface area (Å²) in [6.07, 6.45) is -0.121. The number of hydrogen-bond donors (Lipinski definition) is 2. The maximum atomic E-state index is 13.2. The lowest BCUT2D eigenvalue weighted by atomic mass is 10.0. The van der Waals surface area contributed by atoms with Crippen molar-refractivity contribution in [2.75, 3.05) is 4.90 Å². The smallest absolute Gasteiger partial charge is 0.265 e. The third-order valence-corrected chi connectivity index (χ3v) is 5.99. The van der Waals surface area contributed by atoms with Crippen molar-refractivity contribution < 1.29 is 23.5 Å². The maximum Gasteiger partial charge on any atom is 0.265 e. The zero-order chi connectivity index (χ0) is 25.8. The molecule has 8 heteroatoms. The van der Waals surface area contributed by atoms with Gasteiger partial charge >= 0.3 is 0 Å². The van der Waals surface area contributed by atoms with Gasteiger partial charge in [0.25, 0.3) is 11.8 Å². The predicted molar refractivity (Wildman–Crippen MR) is 134 cm³/mol. The number of benzene rings is 3. The Morgan fingerprint density at radius 2 is 1.75 bits per heavy atom. The number of anilines is 1. The van der Waals surface area contributed by atoms with Crippen LogP contribution in [0.3, 0.4) is 0 Å². The first-order chi connectivity index (χ1) is 17.2. The van der Waals surface area contributed by atoms with Crippen LogP contribution < -0.4 is 20.5 Å². The number of hydrazine groups is 1. The van der Waals surface area contributed by atoms with Crippen LogP contribution in [0.15, 0.2) is 66.7 Å². The number of nitrogens with zero attached hydrogens (tertiary/aromatic N) is 1. The van der Waals surface area contributed by atoms with Crippen molar-refractivity contribution in [3.8, 4) is 5.75 Å². The number of aryl methyl sites for hydroxylation is 1. The fourth-order valence-corrected chi connectivity index (χ4v) is 3.99. The van der Waals surface area contributed by atoms with Crippen LogP contribution in [0, 0.1) is 12.7 Å². The zero-order valence-electron chi connectivity index (χ0n) is 20.4. The van der Waals surface area contributed by atoms with Crippen molar-refractivity contribution in [1.29, 1.82) is 0 Å². The molecule has 3 aromatic rings. The van der Waals surface area contributed by atoms with E-state index in [1.54, 1.807) is 24.3 Å². The number of amides is 3. The van der Waals surface area contributed by atoms with Gasteiger partial charge in [0, 0.05) is 5.56 Å². The first-order valence-electron chi connectivity index (χ1n) is 11.7. The van der Waals surface area contributed by atoms with Gasteiger partial charge in [-0.05, 0) is 72.0 Å². The SMILES string of the molecule is Cc1ccc(C(C)C)c(OCc2ccc(C(=O)NNC3CC(=O)N(c4ccc(F)cc4)C3=O)cc2)c1. The minimum absolute atomic E-state index is 0.121. The summed E-state index contributed by atoms with van der Waals surface area (Å²) in [5.41, 5.74) is 8.98. The Hall–Kier alpha value is -4.04. The minimum Gasteiger partial charge on any atom is -0.489 e. The molecule has 2 N–H and O–H groups in total. The Labute approximate surface area is 209 Å². The number of ether oxygens (including phenoxy) is 1. The Bertz CT molecular complexity index is 1270. The van der Waals surface area contributed by atoms with Gasteiger partial charge in [0.1, 0.15) is 24.2 Å². The van der Waals surface area contributed by atoms with Crippen molar-refractivity contribution in [1.82, 2.24) is 10.9 Å². The van der Waals surface area contributed by atoms with Crippen molar-refractivity contribution in [2.24, 2.45) is 0 Å². The molecule has 3 amide bonds. The summed E-state index contributed by atoms with van der Waals surface area (Å²) in [7, 11) is 0. The van der Waals surface area contributed by atoms with Crippen molar-refractivity contribution in [3.05, 3.63) is 94.8 Å². The van der Waals surface area contributed by atoms with Crippen LogP contribution in [0.1, 0.15) is 53.2 Å². The molecule has 0 radical (unpaired) electrons. The van der Waals surface area contributed by atoms with Crippen LogP contribution in [0.4, 0.5) is 10.1 Å². The molecule has 0 saturated carbocycles. The van der Waals surface area contributed by atoms with Gasteiger partial charge in [-0.1, -0.05) is 38.1 Å². The number of halogens is 1. The summed E-state index contributed by atoms with van der Waals surface area (Å²) in [6, 6.07) is 17.3. The molecule has 3 aromatic carbocycles. The van der Waals surface area contributed by atoms with Crippen LogP contribution in [0.25, 0.3) is 0 Å². The molecule has 0 aromatic heterocycles. The van der Waals surface area contributed by atoms with Crippen LogP contribution in [-0.4, -0.2) is 23.8 Å². The predicted octanol–water partition coefficient (Wildman–Crippen LogP) is 4.40. The molecule has 36 heavy (non-hydrogen) atoms. The fraction of sp³-hybridized carbons (Fsp3) is 0.250. The minimum atomic E-state index is -0.913. The second kappa shape index (κ2) is 10.7. The average molecular weight is 490 g/mol. The molecule has 7 nitrogen and oxygen atoms in total. The van der Waals surface area contributed by atoms with E-state index in [9.17, 15) is 18.8 Å². The van der Waals surface area contributed by atoms with E-state index >= 15 is 0 Å². The first kappa shape index (κ1) is 25.1. The van der Waals surface area contributed by atoms with Crippen LogP contribution in [0.2, 0.25) is 0 Å². The molecule has 0 aliphatic carbocycles. The number of hydrogen-bond acceptors (Lipinski definition) is 5. The average Bonchev–Trinajstić information content (AvgIpc) is 3.14. The quantitative estimate of drug-likeness (QED) is 0.362. The Balaban J connectivity index is 1.32. The molecule has 1 fully saturated rings. The molecular weight excluding hydrogens is 461 g/mol. The summed E-state index contributed by atoms with van der Waals surface area (Å²) >= 11 is 0. The Kier molecular flexibility index (Phi) is 7.45. The van der Waals surface area contributed by atoms with Gasteiger partial charge in [-0.3, -0.25) is 19.8 Å². The van der Waals surface area contributed by atoms with E-state index in [1.807, 2.05) is 13.0 Å². The third-order valence-electron chi connectivity index (χ3n) is 5.99. The number of carbonyl (C=O) groups is 3. The van der Waals surface area contributed by atoms with Crippen LogP contribution in [-0.2, 0) is 16.2 Å². The van der Waals surface area contributed by atoms with Gasteiger partial charge in [-0.25, -0.2) is 14.7 Å². The molecule has 0 spiro atoms. The van der Waals surface area contributed by atoms with E-state index in [0.29, 0.717) is 18.1 Å². The molecule has 186 valence electrons. The van der Waals surface area contributed by atoms with Gasteiger partial charge in [0.2, 0.25) is 5.91 Å². The highest BCUT2D eigenvalue weighted by Gasteiger charge is 2.39. The standard InChI is InChI=1S/C28H28FN3O4/c1-17(2)23-13-4-18(3)14-25(23)36-16-19-5-7-20(8-6-19)27(34)31-30-24-15-26(33)32(28(24)35)22-11-9-21(29)10-12-22/h4-14,17,24,30H,15-16H2,1-3H3,(H,31,34). The summed E-state index contributed by atoms with van der Waals surface area (Å²) in [5, 5.41) is 0. The van der Waals surface area contributed by atoms with E-state index in [4.69, 9.17) is 4.74 Å².